The van der Waals surface area contributed by atoms with Gasteiger partial charge in [0.05, 0.1) is 12.0 Å². The Labute approximate surface area is 86.1 Å². The van der Waals surface area contributed by atoms with Gasteiger partial charge >= 0.3 is 6.18 Å². The molecule has 1 atom stereocenters. The maximum absolute atomic E-state index is 12.5. The van der Waals surface area contributed by atoms with Crippen LogP contribution < -0.4 is 10.6 Å². The van der Waals surface area contributed by atoms with Gasteiger partial charge in [0.2, 0.25) is 0 Å². The van der Waals surface area contributed by atoms with Crippen LogP contribution in [0, 0.1) is 5.41 Å². The van der Waals surface area contributed by atoms with Gasteiger partial charge in [-0.05, 0) is 19.8 Å². The Morgan fingerprint density at radius 1 is 1.53 bits per heavy atom. The zero-order chi connectivity index (χ0) is 11.1. The molecule has 2 N–H and O–H groups in total. The summed E-state index contributed by atoms with van der Waals surface area (Å²) in [5, 5.41) is 5.72. The van der Waals surface area contributed by atoms with E-state index in [-0.39, 0.29) is 25.4 Å². The summed E-state index contributed by atoms with van der Waals surface area (Å²) in [6.45, 7) is 2.51. The molecule has 0 aromatic rings. The fraction of sp³-hybridized carbons (Fsp3) is 0.889. The predicted octanol–water partition coefficient (Wildman–Crippen LogP) is 1.27. The van der Waals surface area contributed by atoms with E-state index < -0.39 is 11.6 Å². The van der Waals surface area contributed by atoms with Crippen molar-refractivity contribution >= 4 is 5.96 Å². The molecule has 0 amide bonds. The molecule has 0 spiro atoms. The fourth-order valence-corrected chi connectivity index (χ4v) is 1.62. The van der Waals surface area contributed by atoms with Gasteiger partial charge in [-0.15, -0.1) is 0 Å². The SMILES string of the molecule is CC1CN=C(NCC2(C(F)(F)F)CC2)N1. The minimum Gasteiger partial charge on any atom is -0.355 e. The maximum Gasteiger partial charge on any atom is 0.396 e. The Morgan fingerprint density at radius 3 is 2.60 bits per heavy atom. The molecular weight excluding hydrogens is 207 g/mol. The second kappa shape index (κ2) is 3.28. The first-order chi connectivity index (χ1) is 6.93. The zero-order valence-corrected chi connectivity index (χ0v) is 8.49. The van der Waals surface area contributed by atoms with E-state index in [9.17, 15) is 13.2 Å². The second-order valence-electron chi connectivity index (χ2n) is 4.37. The van der Waals surface area contributed by atoms with Crippen LogP contribution in [0.1, 0.15) is 19.8 Å². The number of nitrogens with one attached hydrogen (secondary N) is 2. The minimum atomic E-state index is -4.09. The molecule has 6 heteroatoms. The van der Waals surface area contributed by atoms with E-state index in [1.807, 2.05) is 6.92 Å². The van der Waals surface area contributed by atoms with Crippen LogP contribution in [0.25, 0.3) is 0 Å². The first kappa shape index (κ1) is 10.6. The summed E-state index contributed by atoms with van der Waals surface area (Å²) in [6.07, 6.45) is -3.64. The Hall–Kier alpha value is -0.940. The average molecular weight is 221 g/mol. The molecule has 1 aliphatic carbocycles. The molecule has 86 valence electrons. The molecule has 0 bridgehead atoms. The molecule has 1 fully saturated rings. The van der Waals surface area contributed by atoms with E-state index in [1.54, 1.807) is 0 Å². The molecule has 3 nitrogen and oxygen atoms in total. The highest BCUT2D eigenvalue weighted by molar-refractivity contribution is 5.81. The standard InChI is InChI=1S/C9H14F3N3/c1-6-4-13-7(15-6)14-5-8(2-3-8)9(10,11)12/h6H,2-5H2,1H3,(H2,13,14,15). The Kier molecular flexibility index (Phi) is 2.31. The van der Waals surface area contributed by atoms with Crippen molar-refractivity contribution < 1.29 is 13.2 Å². The normalized spacial score (nSPS) is 28.3. The van der Waals surface area contributed by atoms with E-state index in [4.69, 9.17) is 0 Å². The highest BCUT2D eigenvalue weighted by Crippen LogP contribution is 2.56. The van der Waals surface area contributed by atoms with Gasteiger partial charge in [-0.3, -0.25) is 4.99 Å². The molecule has 0 radical (unpaired) electrons. The lowest BCUT2D eigenvalue weighted by Gasteiger charge is -2.20. The Bertz CT molecular complexity index is 281. The molecule has 0 aromatic carbocycles. The fourth-order valence-electron chi connectivity index (χ4n) is 1.62. The van der Waals surface area contributed by atoms with Gasteiger partial charge in [0, 0.05) is 12.6 Å². The summed E-state index contributed by atoms with van der Waals surface area (Å²) in [4.78, 5) is 4.06. The summed E-state index contributed by atoms with van der Waals surface area (Å²) in [5.41, 5.74) is -1.50. The van der Waals surface area contributed by atoms with Crippen LogP contribution >= 0.6 is 0 Å². The number of rotatable bonds is 2. The van der Waals surface area contributed by atoms with Crippen LogP contribution in [-0.2, 0) is 0 Å². The number of alkyl halides is 3. The van der Waals surface area contributed by atoms with Gasteiger partial charge in [0.25, 0.3) is 0 Å². The van der Waals surface area contributed by atoms with Crippen LogP contribution in [0.5, 0.6) is 0 Å². The number of hydrogen-bond acceptors (Lipinski definition) is 3. The van der Waals surface area contributed by atoms with Gasteiger partial charge in [-0.25, -0.2) is 0 Å². The van der Waals surface area contributed by atoms with Crippen LogP contribution in [0.2, 0.25) is 0 Å². The van der Waals surface area contributed by atoms with E-state index >= 15 is 0 Å². The largest absolute Gasteiger partial charge is 0.396 e. The van der Waals surface area contributed by atoms with E-state index in [0.29, 0.717) is 12.5 Å². The van der Waals surface area contributed by atoms with Crippen molar-refractivity contribution in [3.8, 4) is 0 Å². The lowest BCUT2D eigenvalue weighted by molar-refractivity contribution is -0.184. The van der Waals surface area contributed by atoms with Crippen molar-refractivity contribution in [2.45, 2.75) is 32.0 Å². The zero-order valence-electron chi connectivity index (χ0n) is 8.49. The summed E-state index contributed by atoms with van der Waals surface area (Å²) < 4.78 is 37.6. The van der Waals surface area contributed by atoms with Crippen LogP contribution in [0.15, 0.2) is 4.99 Å². The van der Waals surface area contributed by atoms with E-state index in [1.165, 1.54) is 0 Å². The van der Waals surface area contributed by atoms with Crippen molar-refractivity contribution in [2.24, 2.45) is 10.4 Å². The van der Waals surface area contributed by atoms with Crippen LogP contribution in [-0.4, -0.2) is 31.3 Å². The third kappa shape index (κ3) is 2.03. The molecule has 1 unspecified atom stereocenters. The van der Waals surface area contributed by atoms with Crippen molar-refractivity contribution in [1.82, 2.24) is 10.6 Å². The number of hydrogen-bond donors (Lipinski definition) is 2. The molecule has 0 aromatic heterocycles. The maximum atomic E-state index is 12.5. The van der Waals surface area contributed by atoms with E-state index in [0.717, 1.165) is 0 Å². The number of nitrogens with zero attached hydrogens (tertiary/aromatic N) is 1. The predicted molar refractivity (Wildman–Crippen MR) is 50.6 cm³/mol. The highest BCUT2D eigenvalue weighted by atomic mass is 19.4. The third-order valence-corrected chi connectivity index (χ3v) is 2.96. The summed E-state index contributed by atoms with van der Waals surface area (Å²) in [7, 11) is 0. The molecule has 2 aliphatic rings. The third-order valence-electron chi connectivity index (χ3n) is 2.96. The second-order valence-corrected chi connectivity index (χ2v) is 4.37. The lowest BCUT2D eigenvalue weighted by atomic mass is 10.1. The molecule has 1 heterocycles. The summed E-state index contributed by atoms with van der Waals surface area (Å²) >= 11 is 0. The summed E-state index contributed by atoms with van der Waals surface area (Å²) in [6, 6.07) is 0.216. The topological polar surface area (TPSA) is 36.4 Å². The molecule has 15 heavy (non-hydrogen) atoms. The summed E-state index contributed by atoms with van der Waals surface area (Å²) in [5.74, 6) is 0.498. The van der Waals surface area contributed by atoms with Crippen molar-refractivity contribution in [1.29, 1.82) is 0 Å². The van der Waals surface area contributed by atoms with Crippen molar-refractivity contribution in [3.05, 3.63) is 0 Å². The van der Waals surface area contributed by atoms with Crippen LogP contribution in [0.4, 0.5) is 13.2 Å². The molecular formula is C9H14F3N3. The Morgan fingerprint density at radius 2 is 2.20 bits per heavy atom. The Balaban J connectivity index is 1.84. The quantitative estimate of drug-likeness (QED) is 0.736. The van der Waals surface area contributed by atoms with Gasteiger partial charge in [0.1, 0.15) is 0 Å². The van der Waals surface area contributed by atoms with Crippen molar-refractivity contribution in [2.75, 3.05) is 13.1 Å². The highest BCUT2D eigenvalue weighted by Gasteiger charge is 2.63. The number of guanidine groups is 1. The average Bonchev–Trinajstić information content (AvgIpc) is 2.82. The minimum absolute atomic E-state index is 0.0605. The van der Waals surface area contributed by atoms with E-state index in [2.05, 4.69) is 15.6 Å². The monoisotopic (exact) mass is 221 g/mol. The van der Waals surface area contributed by atoms with Gasteiger partial charge in [-0.1, -0.05) is 0 Å². The molecule has 0 saturated heterocycles. The smallest absolute Gasteiger partial charge is 0.355 e. The number of halogens is 3. The van der Waals surface area contributed by atoms with Crippen molar-refractivity contribution in [3.63, 3.8) is 0 Å². The van der Waals surface area contributed by atoms with Crippen LogP contribution in [0.3, 0.4) is 0 Å². The van der Waals surface area contributed by atoms with Gasteiger partial charge < -0.3 is 10.6 Å². The lowest BCUT2D eigenvalue weighted by Crippen LogP contribution is -2.43. The molecule has 1 aliphatic heterocycles. The van der Waals surface area contributed by atoms with Gasteiger partial charge in [-0.2, -0.15) is 13.2 Å². The molecule has 2 rings (SSSR count). The molecule has 1 saturated carbocycles. The number of aliphatic imine (C=N–C) groups is 1. The first-order valence-electron chi connectivity index (χ1n) is 5.05. The first-order valence-corrected chi connectivity index (χ1v) is 5.05. The van der Waals surface area contributed by atoms with Gasteiger partial charge in [0.15, 0.2) is 5.96 Å².